The van der Waals surface area contributed by atoms with Crippen LogP contribution in [-0.2, 0) is 10.2 Å². The second-order valence-corrected chi connectivity index (χ2v) is 10.5. The summed E-state index contributed by atoms with van der Waals surface area (Å²) < 4.78 is 2.00. The minimum Gasteiger partial charge on any atom is -0.366 e. The second kappa shape index (κ2) is 10.4. The van der Waals surface area contributed by atoms with Crippen molar-refractivity contribution in [2.75, 3.05) is 11.1 Å². The fraction of sp³-hybridized carbons (Fsp3) is 0.214. The van der Waals surface area contributed by atoms with Crippen molar-refractivity contribution in [2.24, 2.45) is 5.73 Å². The van der Waals surface area contributed by atoms with Crippen LogP contribution in [0.25, 0.3) is 17.1 Å². The number of anilines is 1. The molecule has 0 fully saturated rings. The average molecular weight is 500 g/mol. The van der Waals surface area contributed by atoms with Gasteiger partial charge in [0.05, 0.1) is 11.4 Å². The number of para-hydroxylation sites is 1. The van der Waals surface area contributed by atoms with Crippen LogP contribution in [0.5, 0.6) is 0 Å². The molecule has 3 aromatic carbocycles. The molecule has 0 aliphatic heterocycles. The molecule has 0 bridgehead atoms. The summed E-state index contributed by atoms with van der Waals surface area (Å²) in [6, 6.07) is 22.9. The lowest BCUT2D eigenvalue weighted by atomic mass is 9.87. The Kier molecular flexibility index (Phi) is 7.26. The summed E-state index contributed by atoms with van der Waals surface area (Å²) >= 11 is 1.31. The smallest absolute Gasteiger partial charge is 0.248 e. The van der Waals surface area contributed by atoms with E-state index in [1.54, 1.807) is 24.3 Å². The normalized spacial score (nSPS) is 11.3. The summed E-state index contributed by atoms with van der Waals surface area (Å²) in [5.41, 5.74) is 10.5. The second-order valence-electron chi connectivity index (χ2n) is 9.53. The van der Waals surface area contributed by atoms with Crippen molar-refractivity contribution in [1.29, 1.82) is 0 Å². The first-order valence-corrected chi connectivity index (χ1v) is 12.6. The summed E-state index contributed by atoms with van der Waals surface area (Å²) in [6.07, 6.45) is 0. The molecule has 0 radical (unpaired) electrons. The fourth-order valence-electron chi connectivity index (χ4n) is 3.75. The number of benzene rings is 3. The predicted molar refractivity (Wildman–Crippen MR) is 145 cm³/mol. The molecule has 8 heteroatoms. The van der Waals surface area contributed by atoms with Gasteiger partial charge in [-0.1, -0.05) is 75.0 Å². The predicted octanol–water partition coefficient (Wildman–Crippen LogP) is 5.37. The Bertz CT molecular complexity index is 1390. The summed E-state index contributed by atoms with van der Waals surface area (Å²) in [6.45, 7) is 8.59. The zero-order valence-corrected chi connectivity index (χ0v) is 21.6. The third-order valence-electron chi connectivity index (χ3n) is 5.78. The Labute approximate surface area is 215 Å². The van der Waals surface area contributed by atoms with Gasteiger partial charge in [-0.3, -0.25) is 14.2 Å². The van der Waals surface area contributed by atoms with Crippen LogP contribution in [0.4, 0.5) is 5.69 Å². The number of rotatable bonds is 7. The van der Waals surface area contributed by atoms with Gasteiger partial charge in [-0.25, -0.2) is 0 Å². The van der Waals surface area contributed by atoms with E-state index < -0.39 is 5.91 Å². The van der Waals surface area contributed by atoms with Gasteiger partial charge in [0.1, 0.15) is 0 Å². The number of aryl methyl sites for hydroxylation is 1. The van der Waals surface area contributed by atoms with E-state index in [1.165, 1.54) is 17.3 Å². The van der Waals surface area contributed by atoms with E-state index in [-0.39, 0.29) is 17.1 Å². The lowest BCUT2D eigenvalue weighted by Gasteiger charge is -2.19. The summed E-state index contributed by atoms with van der Waals surface area (Å²) in [4.78, 5) is 23.9. The van der Waals surface area contributed by atoms with Gasteiger partial charge < -0.3 is 11.1 Å². The van der Waals surface area contributed by atoms with Gasteiger partial charge in [0.25, 0.3) is 0 Å². The highest BCUT2D eigenvalue weighted by atomic mass is 32.2. The largest absolute Gasteiger partial charge is 0.366 e. The first kappa shape index (κ1) is 25.2. The van der Waals surface area contributed by atoms with Gasteiger partial charge in [-0.15, -0.1) is 10.2 Å². The SMILES string of the molecule is Cc1ccccc1-n1c(SCC(=O)Nc2ccc(C(N)=O)cc2)nnc1-c1ccc(C(C)(C)C)cc1. The number of thioether (sulfide) groups is 1. The standard InChI is InChI=1S/C28H29N5O2S/c1-18-7-5-6-8-23(18)33-26(20-9-13-21(14-10-20)28(2,3)4)31-32-27(33)36-17-24(34)30-22-15-11-19(12-16-22)25(29)35/h5-16H,17H2,1-4H3,(H2,29,35)(H,30,34). The minimum atomic E-state index is -0.511. The zero-order valence-electron chi connectivity index (χ0n) is 20.8. The summed E-state index contributed by atoms with van der Waals surface area (Å²) in [5, 5.41) is 12.4. The molecule has 36 heavy (non-hydrogen) atoms. The van der Waals surface area contributed by atoms with Gasteiger partial charge in [-0.05, 0) is 53.8 Å². The van der Waals surface area contributed by atoms with Crippen molar-refractivity contribution < 1.29 is 9.59 Å². The maximum absolute atomic E-state index is 12.6. The number of nitrogens with one attached hydrogen (secondary N) is 1. The maximum Gasteiger partial charge on any atom is 0.248 e. The molecule has 1 aromatic heterocycles. The molecule has 0 saturated heterocycles. The molecule has 1 heterocycles. The molecule has 0 spiro atoms. The van der Waals surface area contributed by atoms with Crippen molar-refractivity contribution in [1.82, 2.24) is 14.8 Å². The van der Waals surface area contributed by atoms with E-state index >= 15 is 0 Å². The van der Waals surface area contributed by atoms with Crippen LogP contribution < -0.4 is 11.1 Å². The molecule has 7 nitrogen and oxygen atoms in total. The third kappa shape index (κ3) is 5.66. The Morgan fingerprint density at radius 1 is 0.944 bits per heavy atom. The molecule has 0 saturated carbocycles. The summed E-state index contributed by atoms with van der Waals surface area (Å²) in [5.74, 6) is 0.157. The van der Waals surface area contributed by atoms with Crippen LogP contribution in [-0.4, -0.2) is 32.3 Å². The molecule has 0 atom stereocenters. The van der Waals surface area contributed by atoms with E-state index in [0.717, 1.165) is 22.6 Å². The zero-order chi connectivity index (χ0) is 25.9. The molecule has 184 valence electrons. The van der Waals surface area contributed by atoms with E-state index in [2.05, 4.69) is 60.6 Å². The van der Waals surface area contributed by atoms with E-state index in [4.69, 9.17) is 5.73 Å². The van der Waals surface area contributed by atoms with Crippen molar-refractivity contribution >= 4 is 29.3 Å². The molecule has 4 aromatic rings. The Morgan fingerprint density at radius 2 is 1.61 bits per heavy atom. The van der Waals surface area contributed by atoms with Crippen LogP contribution in [0.3, 0.4) is 0 Å². The summed E-state index contributed by atoms with van der Waals surface area (Å²) in [7, 11) is 0. The molecule has 3 N–H and O–H groups in total. The van der Waals surface area contributed by atoms with Gasteiger partial charge in [0, 0.05) is 16.8 Å². The highest BCUT2D eigenvalue weighted by Gasteiger charge is 2.20. The molecule has 2 amide bonds. The number of nitrogens with zero attached hydrogens (tertiary/aromatic N) is 3. The minimum absolute atomic E-state index is 0.0523. The van der Waals surface area contributed by atoms with Gasteiger partial charge >= 0.3 is 0 Å². The van der Waals surface area contributed by atoms with Gasteiger partial charge in [-0.2, -0.15) is 0 Å². The van der Waals surface area contributed by atoms with Crippen molar-refractivity contribution in [3.63, 3.8) is 0 Å². The van der Waals surface area contributed by atoms with Gasteiger partial charge in [0.2, 0.25) is 11.8 Å². The molecular formula is C28H29N5O2S. The van der Waals surface area contributed by atoms with Crippen LogP contribution >= 0.6 is 11.8 Å². The number of hydrogen-bond donors (Lipinski definition) is 2. The van der Waals surface area contributed by atoms with E-state index in [0.29, 0.717) is 16.4 Å². The molecular weight excluding hydrogens is 470 g/mol. The molecule has 0 aliphatic carbocycles. The van der Waals surface area contributed by atoms with Crippen molar-refractivity contribution in [3.05, 3.63) is 89.5 Å². The number of primary amides is 1. The number of carbonyl (C=O) groups is 2. The highest BCUT2D eigenvalue weighted by Crippen LogP contribution is 2.31. The maximum atomic E-state index is 12.6. The lowest BCUT2D eigenvalue weighted by Crippen LogP contribution is -2.15. The van der Waals surface area contributed by atoms with E-state index in [9.17, 15) is 9.59 Å². The average Bonchev–Trinajstić information content (AvgIpc) is 3.26. The Hall–Kier alpha value is -3.91. The van der Waals surface area contributed by atoms with Crippen LogP contribution in [0.2, 0.25) is 0 Å². The van der Waals surface area contributed by atoms with Gasteiger partial charge in [0.15, 0.2) is 11.0 Å². The molecule has 0 aliphatic rings. The number of hydrogen-bond acceptors (Lipinski definition) is 5. The monoisotopic (exact) mass is 499 g/mol. The first-order valence-electron chi connectivity index (χ1n) is 11.6. The van der Waals surface area contributed by atoms with Crippen LogP contribution in [0.1, 0.15) is 42.3 Å². The number of nitrogens with two attached hydrogens (primary N) is 1. The Balaban J connectivity index is 1.59. The van der Waals surface area contributed by atoms with Crippen LogP contribution in [0, 0.1) is 6.92 Å². The highest BCUT2D eigenvalue weighted by molar-refractivity contribution is 7.99. The topological polar surface area (TPSA) is 103 Å². The quantitative estimate of drug-likeness (QED) is 0.333. The first-order chi connectivity index (χ1) is 17.1. The molecule has 0 unspecified atom stereocenters. The van der Waals surface area contributed by atoms with E-state index in [1.807, 2.05) is 35.8 Å². The number of carbonyl (C=O) groups excluding carboxylic acids is 2. The number of aromatic nitrogens is 3. The lowest BCUT2D eigenvalue weighted by molar-refractivity contribution is -0.113. The number of amides is 2. The fourth-order valence-corrected chi connectivity index (χ4v) is 4.49. The third-order valence-corrected chi connectivity index (χ3v) is 6.71. The van der Waals surface area contributed by atoms with Crippen LogP contribution in [0.15, 0.2) is 78.0 Å². The Morgan fingerprint density at radius 3 is 2.22 bits per heavy atom. The van der Waals surface area contributed by atoms with Crippen molar-refractivity contribution in [2.45, 2.75) is 38.3 Å². The van der Waals surface area contributed by atoms with Crippen molar-refractivity contribution in [3.8, 4) is 17.1 Å². The molecule has 4 rings (SSSR count).